The van der Waals surface area contributed by atoms with Crippen molar-refractivity contribution in [2.24, 2.45) is 5.92 Å². The maximum Gasteiger partial charge on any atom is 0.248 e. The van der Waals surface area contributed by atoms with Crippen molar-refractivity contribution in [1.29, 1.82) is 0 Å². The first-order valence-electron chi connectivity index (χ1n) is 13.6. The Morgan fingerprint density at radius 3 is 2.38 bits per heavy atom. The van der Waals surface area contributed by atoms with Gasteiger partial charge in [-0.1, -0.05) is 47.6 Å². The number of rotatable bonds is 5. The highest BCUT2D eigenvalue weighted by molar-refractivity contribution is 6.07. The number of hydrogen-bond acceptors (Lipinski definition) is 4. The van der Waals surface area contributed by atoms with E-state index in [2.05, 4.69) is 27.9 Å². The van der Waals surface area contributed by atoms with E-state index in [4.69, 9.17) is 9.51 Å². The zero-order chi connectivity index (χ0) is 27.5. The van der Waals surface area contributed by atoms with Gasteiger partial charge in [0.25, 0.3) is 0 Å². The number of fused-ring (bicyclic) bond motifs is 3. The Balaban J connectivity index is 1.66. The fourth-order valence-corrected chi connectivity index (χ4v) is 6.28. The number of halogens is 2. The van der Waals surface area contributed by atoms with Crippen molar-refractivity contribution in [2.45, 2.75) is 70.9 Å². The van der Waals surface area contributed by atoms with Crippen LogP contribution in [-0.4, -0.2) is 25.7 Å². The lowest BCUT2D eigenvalue weighted by Crippen LogP contribution is -2.30. The van der Waals surface area contributed by atoms with E-state index in [1.807, 2.05) is 56.4 Å². The molecule has 0 radical (unpaired) electrons. The Hall–Kier alpha value is -3.58. The molecule has 1 aliphatic carbocycles. The van der Waals surface area contributed by atoms with Crippen LogP contribution in [0.3, 0.4) is 0 Å². The first-order valence-corrected chi connectivity index (χ1v) is 13.6. The van der Waals surface area contributed by atoms with Crippen molar-refractivity contribution in [2.75, 3.05) is 0 Å². The van der Waals surface area contributed by atoms with Crippen molar-refractivity contribution in [3.63, 3.8) is 0 Å². The minimum Gasteiger partial charge on any atom is -0.386 e. The second kappa shape index (κ2) is 9.26. The Labute approximate surface area is 226 Å². The van der Waals surface area contributed by atoms with Crippen LogP contribution in [-0.2, 0) is 5.60 Å². The lowest BCUT2D eigenvalue weighted by molar-refractivity contribution is -0.0493. The van der Waals surface area contributed by atoms with Gasteiger partial charge in [-0.2, -0.15) is 0 Å². The lowest BCUT2D eigenvalue weighted by atomic mass is 9.79. The molecule has 202 valence electrons. The monoisotopic (exact) mass is 529 g/mol. The molecule has 0 saturated heterocycles. The standard InChI is InChI=1S/C32H33F2N3O2/c1-19-28(20(2)39-36-19)23-16-27-29(35-18-23)25-11-10-24(31(3,4)38)17-26(25)37(27)30(21-8-6-5-7-9-21)22-12-14-32(33,34)15-13-22/h5-11,16-18,22,30,38H,12-15H2,1-4H3/t30-/m1/s1. The van der Waals surface area contributed by atoms with Gasteiger partial charge in [0.1, 0.15) is 5.76 Å². The maximum atomic E-state index is 14.3. The quantitative estimate of drug-likeness (QED) is 0.250. The van der Waals surface area contributed by atoms with Crippen LogP contribution >= 0.6 is 0 Å². The minimum atomic E-state index is -2.62. The highest BCUT2D eigenvalue weighted by Crippen LogP contribution is 2.46. The molecule has 0 spiro atoms. The fourth-order valence-electron chi connectivity index (χ4n) is 6.28. The summed E-state index contributed by atoms with van der Waals surface area (Å²) in [6.45, 7) is 7.34. The summed E-state index contributed by atoms with van der Waals surface area (Å²) in [7, 11) is 0. The third-order valence-corrected chi connectivity index (χ3v) is 8.30. The fraction of sp³-hybridized carbons (Fsp3) is 0.375. The number of aliphatic hydroxyl groups is 1. The molecule has 1 aliphatic rings. The molecule has 1 fully saturated rings. The number of pyridine rings is 1. The summed E-state index contributed by atoms with van der Waals surface area (Å²) in [4.78, 5) is 4.93. The van der Waals surface area contributed by atoms with Crippen LogP contribution in [0, 0.1) is 19.8 Å². The van der Waals surface area contributed by atoms with Crippen LogP contribution in [0.2, 0.25) is 0 Å². The van der Waals surface area contributed by atoms with Crippen LogP contribution < -0.4 is 0 Å². The van der Waals surface area contributed by atoms with Crippen molar-refractivity contribution < 1.29 is 18.4 Å². The number of benzene rings is 2. The molecule has 0 bridgehead atoms. The second-order valence-corrected chi connectivity index (χ2v) is 11.5. The van der Waals surface area contributed by atoms with E-state index in [1.54, 1.807) is 13.8 Å². The third kappa shape index (κ3) is 4.52. The molecule has 3 heterocycles. The SMILES string of the molecule is Cc1noc(C)c1-c1cnc2c3ccc(C(C)(C)O)cc3n([C@H](c3ccccc3)C3CCC(F)(F)CC3)c2c1. The molecular weight excluding hydrogens is 496 g/mol. The highest BCUT2D eigenvalue weighted by Gasteiger charge is 2.39. The first kappa shape index (κ1) is 25.7. The third-order valence-electron chi connectivity index (χ3n) is 8.30. The summed E-state index contributed by atoms with van der Waals surface area (Å²) in [5.41, 5.74) is 6.09. The molecule has 2 aromatic carbocycles. The summed E-state index contributed by atoms with van der Waals surface area (Å²) in [6, 6.07) is 18.1. The Kier molecular flexibility index (Phi) is 6.10. The van der Waals surface area contributed by atoms with Gasteiger partial charge in [0.15, 0.2) is 0 Å². The van der Waals surface area contributed by atoms with E-state index >= 15 is 0 Å². The van der Waals surface area contributed by atoms with E-state index in [1.165, 1.54) is 0 Å². The van der Waals surface area contributed by atoms with Crippen molar-refractivity contribution >= 4 is 21.9 Å². The van der Waals surface area contributed by atoms with Gasteiger partial charge in [0.05, 0.1) is 33.9 Å². The molecule has 1 saturated carbocycles. The smallest absolute Gasteiger partial charge is 0.248 e. The predicted molar refractivity (Wildman–Crippen MR) is 149 cm³/mol. The zero-order valence-electron chi connectivity index (χ0n) is 22.7. The normalized spacial score (nSPS) is 17.2. The van der Waals surface area contributed by atoms with Crippen molar-refractivity contribution in [1.82, 2.24) is 14.7 Å². The molecule has 5 aromatic rings. The topological polar surface area (TPSA) is 64.1 Å². The molecular formula is C32H33F2N3O2. The molecule has 0 unspecified atom stereocenters. The van der Waals surface area contributed by atoms with E-state index in [9.17, 15) is 13.9 Å². The van der Waals surface area contributed by atoms with Crippen LogP contribution in [0.4, 0.5) is 8.78 Å². The van der Waals surface area contributed by atoms with Crippen LogP contribution in [0.15, 0.2) is 65.3 Å². The highest BCUT2D eigenvalue weighted by atomic mass is 19.3. The second-order valence-electron chi connectivity index (χ2n) is 11.5. The Morgan fingerprint density at radius 2 is 1.74 bits per heavy atom. The largest absolute Gasteiger partial charge is 0.386 e. The molecule has 39 heavy (non-hydrogen) atoms. The Morgan fingerprint density at radius 1 is 1.03 bits per heavy atom. The Bertz CT molecular complexity index is 1630. The average molecular weight is 530 g/mol. The number of aryl methyl sites for hydroxylation is 2. The van der Waals surface area contributed by atoms with Crippen molar-refractivity contribution in [3.8, 4) is 11.1 Å². The van der Waals surface area contributed by atoms with Gasteiger partial charge in [0, 0.05) is 35.6 Å². The van der Waals surface area contributed by atoms with Gasteiger partial charge in [-0.15, -0.1) is 0 Å². The molecule has 5 nitrogen and oxygen atoms in total. The number of hydrogen-bond donors (Lipinski definition) is 1. The van der Waals surface area contributed by atoms with Gasteiger partial charge in [-0.05, 0) is 69.7 Å². The van der Waals surface area contributed by atoms with Gasteiger partial charge >= 0.3 is 0 Å². The minimum absolute atomic E-state index is 0.0133. The molecule has 1 N–H and O–H groups in total. The molecule has 3 aromatic heterocycles. The summed E-state index contributed by atoms with van der Waals surface area (Å²) >= 11 is 0. The molecule has 0 amide bonds. The molecule has 7 heteroatoms. The first-order chi connectivity index (χ1) is 18.5. The van der Waals surface area contributed by atoms with Gasteiger partial charge in [-0.25, -0.2) is 8.78 Å². The zero-order valence-corrected chi connectivity index (χ0v) is 22.7. The molecule has 0 aliphatic heterocycles. The van der Waals surface area contributed by atoms with Crippen LogP contribution in [0.5, 0.6) is 0 Å². The predicted octanol–water partition coefficient (Wildman–Crippen LogP) is 8.10. The van der Waals surface area contributed by atoms with Crippen LogP contribution in [0.25, 0.3) is 33.1 Å². The maximum absolute atomic E-state index is 14.3. The van der Waals surface area contributed by atoms with E-state index in [0.29, 0.717) is 12.8 Å². The van der Waals surface area contributed by atoms with Gasteiger partial charge in [0.2, 0.25) is 5.92 Å². The van der Waals surface area contributed by atoms with E-state index < -0.39 is 11.5 Å². The summed E-state index contributed by atoms with van der Waals surface area (Å²) in [5.74, 6) is -1.89. The van der Waals surface area contributed by atoms with Crippen molar-refractivity contribution in [3.05, 3.63) is 83.4 Å². The number of aromatic nitrogens is 3. The van der Waals surface area contributed by atoms with Gasteiger partial charge in [-0.3, -0.25) is 4.98 Å². The molecule has 1 atom stereocenters. The molecule has 6 rings (SSSR count). The lowest BCUT2D eigenvalue weighted by Gasteiger charge is -2.36. The average Bonchev–Trinajstić information content (AvgIpc) is 3.40. The summed E-state index contributed by atoms with van der Waals surface area (Å²) in [6.07, 6.45) is 2.47. The van der Waals surface area contributed by atoms with E-state index in [0.717, 1.165) is 55.6 Å². The number of nitrogens with zero attached hydrogens (tertiary/aromatic N) is 3. The van der Waals surface area contributed by atoms with Crippen LogP contribution in [0.1, 0.15) is 68.2 Å². The number of alkyl halides is 2. The summed E-state index contributed by atoms with van der Waals surface area (Å²) < 4.78 is 36.3. The summed E-state index contributed by atoms with van der Waals surface area (Å²) in [5, 5.41) is 16.0. The van der Waals surface area contributed by atoms with E-state index in [-0.39, 0.29) is 24.8 Å². The van der Waals surface area contributed by atoms with Gasteiger partial charge < -0.3 is 14.2 Å².